The Morgan fingerprint density at radius 2 is 0.429 bits per heavy atom. The van der Waals surface area contributed by atoms with Crippen LogP contribution in [-0.2, 0) is 0 Å². The molecule has 0 unspecified atom stereocenters. The Labute approximate surface area is 122 Å². The zero-order chi connectivity index (χ0) is 0. The van der Waals surface area contributed by atoms with E-state index in [2.05, 4.69) is 0 Å². The van der Waals surface area contributed by atoms with Gasteiger partial charge in [0.2, 0.25) is 0 Å². The van der Waals surface area contributed by atoms with E-state index in [0.717, 1.165) is 0 Å². The Bertz CT molecular complexity index is 9.65. The van der Waals surface area contributed by atoms with Gasteiger partial charge in [0.05, 0.1) is 0 Å². The third-order valence-corrected chi connectivity index (χ3v) is 0. The average molecular weight is 359 g/mol. The predicted molar refractivity (Wildman–Crippen MR) is 31.7 cm³/mol. The number of hydrogen-bond acceptors (Lipinski definition) is 0. The molecule has 0 aliphatic rings. The minimum absolute atomic E-state index is 0. The van der Waals surface area contributed by atoms with Gasteiger partial charge in [-0.1, -0.05) is 0 Å². The van der Waals surface area contributed by atoms with E-state index in [9.17, 15) is 0 Å². The van der Waals surface area contributed by atoms with Gasteiger partial charge in [-0.05, 0) is 0 Å². The molecule has 4 nitrogen and oxygen atoms in total. The molecule has 0 saturated carbocycles. The van der Waals surface area contributed by atoms with Gasteiger partial charge in [-0.3, -0.25) is 0 Å². The standard InChI is InChI=1S/2Ca.4H2O.Pb/h;;4*1H2;/q2*+2;;;;;. The summed E-state index contributed by atoms with van der Waals surface area (Å²) in [6.07, 6.45) is 0. The molecule has 7 heteroatoms. The zero-order valence-electron chi connectivity index (χ0n) is 3.91. The van der Waals surface area contributed by atoms with Crippen molar-refractivity contribution in [2.75, 3.05) is 0 Å². The van der Waals surface area contributed by atoms with Crippen LogP contribution in [0.4, 0.5) is 0 Å². The van der Waals surface area contributed by atoms with Gasteiger partial charge in [-0.2, -0.15) is 0 Å². The van der Waals surface area contributed by atoms with Gasteiger partial charge in [0.1, 0.15) is 0 Å². The first-order valence-electron chi connectivity index (χ1n) is 0. The normalized spacial score (nSPS) is 0. The van der Waals surface area contributed by atoms with Gasteiger partial charge in [0, 0.05) is 27.3 Å². The van der Waals surface area contributed by atoms with E-state index < -0.39 is 0 Å². The Balaban J connectivity index is 0. The third kappa shape index (κ3) is 45.7. The minimum atomic E-state index is 0. The first kappa shape index (κ1) is 82.3. The summed E-state index contributed by atoms with van der Waals surface area (Å²) in [6.45, 7) is 0. The second-order valence-corrected chi connectivity index (χ2v) is 0. The fraction of sp³-hybridized carbons (Fsp3) is 0. The first-order valence-corrected chi connectivity index (χ1v) is 0. The van der Waals surface area contributed by atoms with Crippen LogP contribution in [-0.4, -0.2) is 125 Å². The van der Waals surface area contributed by atoms with Crippen molar-refractivity contribution in [1.82, 2.24) is 0 Å². The van der Waals surface area contributed by atoms with Gasteiger partial charge >= 0.3 is 75.5 Å². The maximum Gasteiger partial charge on any atom is 2.00 e. The largest absolute Gasteiger partial charge is 2.00 e. The average Bonchev–Trinajstić information content (AvgIpc) is 0. The summed E-state index contributed by atoms with van der Waals surface area (Å²) >= 11 is 0. The first-order chi connectivity index (χ1) is 0. The summed E-state index contributed by atoms with van der Waals surface area (Å²) in [7, 11) is 0. The molecule has 8 N–H and O–H groups in total. The maximum absolute atomic E-state index is 0. The van der Waals surface area contributed by atoms with Crippen LogP contribution < -0.4 is 0 Å². The van der Waals surface area contributed by atoms with Crippen LogP contribution in [0, 0.1) is 0 Å². The molecule has 0 amide bonds. The zero-order valence-corrected chi connectivity index (χ0v) is 12.2. The molecule has 0 aromatic carbocycles. The summed E-state index contributed by atoms with van der Waals surface area (Å²) in [4.78, 5) is 0. The van der Waals surface area contributed by atoms with Crippen molar-refractivity contribution < 1.29 is 21.9 Å². The Kier molecular flexibility index (Phi) is 695. The fourth-order valence-corrected chi connectivity index (χ4v) is 0. The minimum Gasteiger partial charge on any atom is -0.412 e. The molecular formula is H8Ca2O4Pb+4. The molecule has 0 heterocycles. The van der Waals surface area contributed by atoms with Crippen molar-refractivity contribution in [2.24, 2.45) is 0 Å². The van der Waals surface area contributed by atoms with Gasteiger partial charge in [0.25, 0.3) is 0 Å². The third-order valence-electron chi connectivity index (χ3n) is 0. The molecule has 7 heavy (non-hydrogen) atoms. The van der Waals surface area contributed by atoms with E-state index >= 15 is 0 Å². The van der Waals surface area contributed by atoms with Crippen LogP contribution in [0.15, 0.2) is 0 Å². The molecule has 0 aliphatic heterocycles. The van der Waals surface area contributed by atoms with Crippen molar-refractivity contribution in [3.05, 3.63) is 0 Å². The van der Waals surface area contributed by atoms with E-state index in [-0.39, 0.29) is 125 Å². The van der Waals surface area contributed by atoms with Crippen molar-refractivity contribution in [1.29, 1.82) is 0 Å². The van der Waals surface area contributed by atoms with E-state index in [4.69, 9.17) is 0 Å². The molecule has 0 fully saturated rings. The second kappa shape index (κ2) is 59.1. The topological polar surface area (TPSA) is 126 Å². The van der Waals surface area contributed by atoms with E-state index in [1.54, 1.807) is 0 Å². The molecule has 36 valence electrons. The molecule has 0 saturated heterocycles. The molecule has 0 aliphatic carbocycles. The van der Waals surface area contributed by atoms with Crippen molar-refractivity contribution >= 4 is 103 Å². The van der Waals surface area contributed by atoms with Gasteiger partial charge in [-0.15, -0.1) is 0 Å². The SMILES string of the molecule is O.O.O.O.[Ca+2].[Ca+2].[Pb]. The van der Waals surface area contributed by atoms with E-state index in [0.29, 0.717) is 0 Å². The van der Waals surface area contributed by atoms with Gasteiger partial charge < -0.3 is 21.9 Å². The van der Waals surface area contributed by atoms with Crippen molar-refractivity contribution in [3.8, 4) is 0 Å². The molecule has 4 radical (unpaired) electrons. The van der Waals surface area contributed by atoms with Crippen molar-refractivity contribution in [2.45, 2.75) is 0 Å². The summed E-state index contributed by atoms with van der Waals surface area (Å²) in [6, 6.07) is 0. The number of hydrogen-bond donors (Lipinski definition) is 0. The fourth-order valence-electron chi connectivity index (χ4n) is 0. The van der Waals surface area contributed by atoms with Crippen molar-refractivity contribution in [3.63, 3.8) is 0 Å². The van der Waals surface area contributed by atoms with Crippen LogP contribution in [0.5, 0.6) is 0 Å². The Hall–Kier alpha value is 3.28. The summed E-state index contributed by atoms with van der Waals surface area (Å²) < 4.78 is 0. The van der Waals surface area contributed by atoms with Crippen LogP contribution in [0.25, 0.3) is 0 Å². The Morgan fingerprint density at radius 3 is 0.429 bits per heavy atom. The van der Waals surface area contributed by atoms with Gasteiger partial charge in [0.15, 0.2) is 0 Å². The van der Waals surface area contributed by atoms with Crippen LogP contribution in [0.2, 0.25) is 0 Å². The predicted octanol–water partition coefficient (Wildman–Crippen LogP) is -4.44. The number of rotatable bonds is 0. The second-order valence-electron chi connectivity index (χ2n) is 0. The summed E-state index contributed by atoms with van der Waals surface area (Å²) in [5, 5.41) is 0. The molecule has 0 spiro atoms. The van der Waals surface area contributed by atoms with Crippen LogP contribution in [0.1, 0.15) is 0 Å². The van der Waals surface area contributed by atoms with Crippen LogP contribution >= 0.6 is 0 Å². The van der Waals surface area contributed by atoms with E-state index in [1.807, 2.05) is 0 Å². The molecule has 0 aromatic heterocycles. The van der Waals surface area contributed by atoms with Crippen LogP contribution in [0.3, 0.4) is 0 Å². The maximum atomic E-state index is 0. The van der Waals surface area contributed by atoms with Gasteiger partial charge in [-0.25, -0.2) is 0 Å². The Morgan fingerprint density at radius 1 is 0.429 bits per heavy atom. The molecular weight excluding hydrogens is 351 g/mol. The summed E-state index contributed by atoms with van der Waals surface area (Å²) in [5.41, 5.74) is 0. The molecule has 0 rings (SSSR count). The molecule has 0 bridgehead atoms. The molecule has 0 aromatic rings. The monoisotopic (exact) mass is 360 g/mol. The smallest absolute Gasteiger partial charge is 0.412 e. The van der Waals surface area contributed by atoms with E-state index in [1.165, 1.54) is 0 Å². The summed E-state index contributed by atoms with van der Waals surface area (Å²) in [5.74, 6) is 0. The molecule has 0 atom stereocenters. The quantitative estimate of drug-likeness (QED) is 0.387.